The second-order valence-corrected chi connectivity index (χ2v) is 5.21. The second kappa shape index (κ2) is 5.01. The van der Waals surface area contributed by atoms with Gasteiger partial charge in [-0.05, 0) is 44.9 Å². The van der Waals surface area contributed by atoms with E-state index in [1.165, 1.54) is 24.4 Å². The van der Waals surface area contributed by atoms with Crippen LogP contribution in [0.2, 0.25) is 0 Å². The Hall–Kier alpha value is -1.14. The van der Waals surface area contributed by atoms with Gasteiger partial charge in [-0.1, -0.05) is 0 Å². The van der Waals surface area contributed by atoms with Crippen LogP contribution in [0.3, 0.4) is 0 Å². The van der Waals surface area contributed by atoms with Crippen molar-refractivity contribution in [3.05, 3.63) is 11.3 Å². The van der Waals surface area contributed by atoms with Crippen LogP contribution in [0.1, 0.15) is 28.9 Å². The lowest BCUT2D eigenvalue weighted by Gasteiger charge is -2.19. The van der Waals surface area contributed by atoms with Crippen LogP contribution in [0.25, 0.3) is 0 Å². The second-order valence-electron chi connectivity index (χ2n) is 4.43. The molecule has 0 radical (unpaired) electrons. The summed E-state index contributed by atoms with van der Waals surface area (Å²) in [6.07, 6.45) is 2.39. The van der Waals surface area contributed by atoms with Gasteiger partial charge < -0.3 is 15.3 Å². The van der Waals surface area contributed by atoms with E-state index in [9.17, 15) is 4.79 Å². The molecule has 0 spiro atoms. The van der Waals surface area contributed by atoms with Crippen LogP contribution in [0.5, 0.6) is 0 Å². The third kappa shape index (κ3) is 2.58. The molecule has 1 aromatic rings. The van der Waals surface area contributed by atoms with Crippen molar-refractivity contribution in [2.45, 2.75) is 25.8 Å². The van der Waals surface area contributed by atoms with Crippen LogP contribution in [0.4, 0.5) is 5.00 Å². The molecule has 17 heavy (non-hydrogen) atoms. The van der Waals surface area contributed by atoms with Crippen LogP contribution in [-0.2, 0) is 0 Å². The predicted octanol–water partition coefficient (Wildman–Crippen LogP) is 1.66. The summed E-state index contributed by atoms with van der Waals surface area (Å²) in [6.45, 7) is 3.64. The number of aromatic carboxylic acids is 1. The van der Waals surface area contributed by atoms with Crippen molar-refractivity contribution in [1.29, 1.82) is 0 Å². The van der Waals surface area contributed by atoms with Gasteiger partial charge in [0.1, 0.15) is 10.6 Å². The normalized spacial score (nSPS) is 20.7. The Bertz CT molecular complexity index is 419. The zero-order valence-corrected chi connectivity index (χ0v) is 10.9. The number of carboxylic acid groups (broad SMARTS) is 1. The topological polar surface area (TPSA) is 65.5 Å². The monoisotopic (exact) mass is 255 g/mol. The predicted molar refractivity (Wildman–Crippen MR) is 68.0 cm³/mol. The van der Waals surface area contributed by atoms with Crippen LogP contribution >= 0.6 is 11.5 Å². The molecule has 1 unspecified atom stereocenters. The number of hydrogen-bond acceptors (Lipinski definition) is 5. The quantitative estimate of drug-likeness (QED) is 0.856. The summed E-state index contributed by atoms with van der Waals surface area (Å²) >= 11 is 1.23. The summed E-state index contributed by atoms with van der Waals surface area (Å²) in [5.74, 6) is -0.904. The summed E-state index contributed by atoms with van der Waals surface area (Å²) in [5, 5.41) is 13.0. The molecule has 0 aromatic carbocycles. The van der Waals surface area contributed by atoms with E-state index in [4.69, 9.17) is 5.11 Å². The Labute approximate surface area is 105 Å². The van der Waals surface area contributed by atoms with E-state index >= 15 is 0 Å². The lowest BCUT2D eigenvalue weighted by Crippen LogP contribution is -2.31. The largest absolute Gasteiger partial charge is 0.478 e. The van der Waals surface area contributed by atoms with Gasteiger partial charge in [-0.2, -0.15) is 4.37 Å². The summed E-state index contributed by atoms with van der Waals surface area (Å²) in [6, 6.07) is 0.499. The first kappa shape index (κ1) is 12.3. The molecule has 1 aliphatic heterocycles. The lowest BCUT2D eigenvalue weighted by atomic mass is 10.2. The van der Waals surface area contributed by atoms with E-state index in [0.717, 1.165) is 13.1 Å². The number of carbonyl (C=O) groups is 1. The molecular formula is C11H17N3O2S. The number of hydrogen-bond donors (Lipinski definition) is 2. The average Bonchev–Trinajstić information content (AvgIpc) is 2.82. The smallest absolute Gasteiger partial charge is 0.340 e. The van der Waals surface area contributed by atoms with Gasteiger partial charge in [-0.3, -0.25) is 0 Å². The molecule has 0 amide bonds. The van der Waals surface area contributed by atoms with Crippen molar-refractivity contribution >= 4 is 22.5 Å². The fraction of sp³-hybridized carbons (Fsp3) is 0.636. The highest BCUT2D eigenvalue weighted by atomic mass is 32.1. The number of likely N-dealkylation sites (N-methyl/N-ethyl adjacent to an activating group) is 1. The summed E-state index contributed by atoms with van der Waals surface area (Å²) in [4.78, 5) is 13.4. The van der Waals surface area contributed by atoms with Crippen LogP contribution in [0, 0.1) is 6.92 Å². The Morgan fingerprint density at radius 1 is 1.71 bits per heavy atom. The number of nitrogens with zero attached hydrogens (tertiary/aromatic N) is 2. The molecule has 6 heteroatoms. The van der Waals surface area contributed by atoms with E-state index in [1.807, 2.05) is 0 Å². The van der Waals surface area contributed by atoms with Gasteiger partial charge in [0, 0.05) is 12.6 Å². The minimum atomic E-state index is -0.904. The molecule has 0 saturated carbocycles. The fourth-order valence-corrected chi connectivity index (χ4v) is 2.98. The Morgan fingerprint density at radius 3 is 3.06 bits per heavy atom. The van der Waals surface area contributed by atoms with E-state index in [2.05, 4.69) is 21.6 Å². The summed E-state index contributed by atoms with van der Waals surface area (Å²) in [5.41, 5.74) is 0.903. The van der Waals surface area contributed by atoms with Crippen LogP contribution in [-0.4, -0.2) is 46.5 Å². The number of carboxylic acids is 1. The molecule has 1 aliphatic rings. The number of aromatic nitrogens is 1. The number of rotatable bonds is 4. The number of likely N-dealkylation sites (tertiary alicyclic amines) is 1. The third-order valence-electron chi connectivity index (χ3n) is 3.25. The molecule has 1 saturated heterocycles. The highest BCUT2D eigenvalue weighted by molar-refractivity contribution is 7.10. The van der Waals surface area contributed by atoms with Gasteiger partial charge in [0.25, 0.3) is 0 Å². The third-order valence-corrected chi connectivity index (χ3v) is 4.14. The van der Waals surface area contributed by atoms with E-state index in [0.29, 0.717) is 22.3 Å². The number of anilines is 1. The maximum absolute atomic E-state index is 11.1. The zero-order chi connectivity index (χ0) is 12.4. The maximum Gasteiger partial charge on any atom is 0.340 e. The van der Waals surface area contributed by atoms with Gasteiger partial charge >= 0.3 is 5.97 Å². The summed E-state index contributed by atoms with van der Waals surface area (Å²) < 4.78 is 4.09. The van der Waals surface area contributed by atoms with Crippen molar-refractivity contribution in [3.63, 3.8) is 0 Å². The van der Waals surface area contributed by atoms with Crippen molar-refractivity contribution < 1.29 is 9.90 Å². The first-order chi connectivity index (χ1) is 8.09. The summed E-state index contributed by atoms with van der Waals surface area (Å²) in [7, 11) is 2.11. The first-order valence-corrected chi connectivity index (χ1v) is 6.50. The Balaban J connectivity index is 2.01. The van der Waals surface area contributed by atoms with E-state index < -0.39 is 5.97 Å². The average molecular weight is 255 g/mol. The van der Waals surface area contributed by atoms with Crippen molar-refractivity contribution in [1.82, 2.24) is 9.27 Å². The Kier molecular flexibility index (Phi) is 3.63. The molecule has 1 atom stereocenters. The van der Waals surface area contributed by atoms with Crippen molar-refractivity contribution in [3.8, 4) is 0 Å². The minimum absolute atomic E-state index is 0.315. The van der Waals surface area contributed by atoms with E-state index in [-0.39, 0.29) is 0 Å². The van der Waals surface area contributed by atoms with Gasteiger partial charge in [0.05, 0.1) is 5.69 Å². The fourth-order valence-electron chi connectivity index (χ4n) is 2.19. The molecule has 0 aliphatic carbocycles. The molecular weight excluding hydrogens is 238 g/mol. The molecule has 1 fully saturated rings. The highest BCUT2D eigenvalue weighted by Crippen LogP contribution is 2.25. The van der Waals surface area contributed by atoms with Crippen LogP contribution in [0.15, 0.2) is 0 Å². The molecule has 0 bridgehead atoms. The zero-order valence-electron chi connectivity index (χ0n) is 10.1. The first-order valence-electron chi connectivity index (χ1n) is 5.73. The molecule has 94 valence electrons. The number of aryl methyl sites for hydroxylation is 1. The van der Waals surface area contributed by atoms with Crippen LogP contribution < -0.4 is 5.32 Å². The maximum atomic E-state index is 11.1. The molecule has 2 N–H and O–H groups in total. The molecule has 5 nitrogen and oxygen atoms in total. The Morgan fingerprint density at radius 2 is 2.47 bits per heavy atom. The molecule has 2 rings (SSSR count). The van der Waals surface area contributed by atoms with Gasteiger partial charge in [0.15, 0.2) is 0 Å². The van der Waals surface area contributed by atoms with Crippen molar-refractivity contribution in [2.24, 2.45) is 0 Å². The number of nitrogens with one attached hydrogen (secondary N) is 1. The molecule has 1 aromatic heterocycles. The minimum Gasteiger partial charge on any atom is -0.478 e. The van der Waals surface area contributed by atoms with Gasteiger partial charge in [-0.25, -0.2) is 4.79 Å². The van der Waals surface area contributed by atoms with Gasteiger partial charge in [0.2, 0.25) is 0 Å². The van der Waals surface area contributed by atoms with Crippen molar-refractivity contribution in [2.75, 3.05) is 25.5 Å². The standard InChI is InChI=1S/C11H17N3O2S/c1-7-9(11(15)16)10(17-13-7)12-6-8-4-3-5-14(8)2/h8,12H,3-6H2,1-2H3,(H,15,16). The highest BCUT2D eigenvalue weighted by Gasteiger charge is 2.22. The SMILES string of the molecule is Cc1nsc(NCC2CCCN2C)c1C(=O)O. The van der Waals surface area contributed by atoms with E-state index in [1.54, 1.807) is 6.92 Å². The lowest BCUT2D eigenvalue weighted by molar-refractivity contribution is 0.0697. The van der Waals surface area contributed by atoms with Gasteiger partial charge in [-0.15, -0.1) is 0 Å². The molecule has 2 heterocycles.